The van der Waals surface area contributed by atoms with Crippen LogP contribution in [0.25, 0.3) is 0 Å². The number of hydrogen-bond acceptors (Lipinski definition) is 3. The van der Waals surface area contributed by atoms with E-state index in [4.69, 9.17) is 4.74 Å². The first-order valence-electron chi connectivity index (χ1n) is 9.21. The summed E-state index contributed by atoms with van der Waals surface area (Å²) in [6.07, 6.45) is 2.69. The lowest BCUT2D eigenvalue weighted by Gasteiger charge is -2.32. The molecule has 0 aromatic heterocycles. The van der Waals surface area contributed by atoms with Gasteiger partial charge in [0.2, 0.25) is 0 Å². The van der Waals surface area contributed by atoms with Gasteiger partial charge in [0.15, 0.2) is 0 Å². The number of amides is 2. The number of carbonyl (C=O) groups is 1. The summed E-state index contributed by atoms with van der Waals surface area (Å²) in [4.78, 5) is 14.2. The molecule has 3 rings (SSSR count). The highest BCUT2D eigenvalue weighted by molar-refractivity contribution is 5.91. The molecule has 0 aliphatic carbocycles. The van der Waals surface area contributed by atoms with E-state index in [1.165, 1.54) is 12.1 Å². The lowest BCUT2D eigenvalue weighted by Crippen LogP contribution is -2.53. The fourth-order valence-corrected chi connectivity index (χ4v) is 3.43. The maximum atomic E-state index is 13.1. The van der Waals surface area contributed by atoms with Gasteiger partial charge in [-0.2, -0.15) is 0 Å². The number of benzene rings is 2. The molecule has 6 heteroatoms. The van der Waals surface area contributed by atoms with Gasteiger partial charge < -0.3 is 10.1 Å². The molecule has 0 radical (unpaired) electrons. The molecule has 2 aromatic carbocycles. The van der Waals surface area contributed by atoms with Gasteiger partial charge in [0, 0.05) is 18.8 Å². The Morgan fingerprint density at radius 2 is 2.07 bits per heavy atom. The number of nitrogens with zero attached hydrogens (tertiary/aromatic N) is 1. The molecule has 5 nitrogen and oxygen atoms in total. The predicted molar refractivity (Wildman–Crippen MR) is 105 cm³/mol. The number of urea groups is 1. The summed E-state index contributed by atoms with van der Waals surface area (Å²) < 4.78 is 18.3. The van der Waals surface area contributed by atoms with E-state index in [9.17, 15) is 9.18 Å². The number of halogens is 1. The second kappa shape index (κ2) is 8.86. The van der Waals surface area contributed by atoms with Crippen molar-refractivity contribution in [1.82, 2.24) is 10.6 Å². The highest BCUT2D eigenvalue weighted by Gasteiger charge is 2.24. The molecule has 27 heavy (non-hydrogen) atoms. The molecule has 1 fully saturated rings. The third-order valence-corrected chi connectivity index (χ3v) is 4.99. The number of methoxy groups -OCH3 is 1. The quantitative estimate of drug-likeness (QED) is 0.845. The molecular weight excluding hydrogens is 345 g/mol. The predicted octanol–water partition coefficient (Wildman–Crippen LogP) is 3.55. The van der Waals surface area contributed by atoms with Crippen LogP contribution in [0.4, 0.5) is 14.9 Å². The van der Waals surface area contributed by atoms with Crippen molar-refractivity contribution in [1.29, 1.82) is 0 Å². The number of hydrogen-bond donors (Lipinski definition) is 2. The summed E-state index contributed by atoms with van der Waals surface area (Å²) in [7, 11) is 3.34. The molecule has 2 unspecified atom stereocenters. The molecule has 1 aliphatic heterocycles. The molecule has 2 N–H and O–H groups in total. The molecule has 2 aromatic rings. The van der Waals surface area contributed by atoms with Crippen LogP contribution in [0, 0.1) is 11.7 Å². The van der Waals surface area contributed by atoms with E-state index in [2.05, 4.69) is 10.6 Å². The largest absolute Gasteiger partial charge is 0.497 e. The van der Waals surface area contributed by atoms with E-state index >= 15 is 0 Å². The van der Waals surface area contributed by atoms with Crippen LogP contribution >= 0.6 is 0 Å². The molecule has 2 amide bonds. The van der Waals surface area contributed by atoms with Crippen molar-refractivity contribution in [3.8, 4) is 5.75 Å². The lowest BCUT2D eigenvalue weighted by atomic mass is 9.89. The topological polar surface area (TPSA) is 53.6 Å². The number of rotatable bonds is 5. The number of carbonyl (C=O) groups excluding carboxylic acids is 1. The maximum Gasteiger partial charge on any atom is 0.322 e. The first kappa shape index (κ1) is 19.2. The molecular formula is C21H26FN3O2. The minimum absolute atomic E-state index is 0.0789. The van der Waals surface area contributed by atoms with Crippen molar-refractivity contribution >= 4 is 11.7 Å². The van der Waals surface area contributed by atoms with Crippen LogP contribution < -0.4 is 20.3 Å². The minimum atomic E-state index is -0.213. The van der Waals surface area contributed by atoms with Crippen LogP contribution in [-0.4, -0.2) is 32.9 Å². The average molecular weight is 371 g/mol. The molecule has 1 heterocycles. The number of ether oxygens (including phenoxy) is 1. The lowest BCUT2D eigenvalue weighted by molar-refractivity contribution is 0.226. The monoisotopic (exact) mass is 371 g/mol. The summed E-state index contributed by atoms with van der Waals surface area (Å²) >= 11 is 0. The van der Waals surface area contributed by atoms with Crippen LogP contribution in [0.1, 0.15) is 18.4 Å². The van der Waals surface area contributed by atoms with Gasteiger partial charge in [0.1, 0.15) is 11.6 Å². The standard InChI is InChI=1S/C21H26FN3O2/c1-25(18-4-3-5-19(14-18)27-2)21(26)24-20-13-16(10-11-23-20)12-15-6-8-17(22)9-7-15/h3-9,14,16,20,23H,10-13H2,1-2H3,(H,24,26). The van der Waals surface area contributed by atoms with Gasteiger partial charge in [0.25, 0.3) is 0 Å². The van der Waals surface area contributed by atoms with Crippen molar-refractivity contribution in [2.75, 3.05) is 25.6 Å². The Balaban J connectivity index is 1.56. The van der Waals surface area contributed by atoms with Gasteiger partial charge >= 0.3 is 6.03 Å². The van der Waals surface area contributed by atoms with Crippen LogP contribution in [0.2, 0.25) is 0 Å². The summed E-state index contributed by atoms with van der Waals surface area (Å²) in [6, 6.07) is 13.9. The van der Waals surface area contributed by atoms with E-state index in [1.54, 1.807) is 19.1 Å². The number of anilines is 1. The third kappa shape index (κ3) is 5.20. The number of nitrogens with one attached hydrogen (secondary N) is 2. The SMILES string of the molecule is COc1cccc(N(C)C(=O)NC2CC(Cc3ccc(F)cc3)CCN2)c1. The molecule has 1 saturated heterocycles. The Labute approximate surface area is 159 Å². The van der Waals surface area contributed by atoms with E-state index in [0.29, 0.717) is 11.7 Å². The average Bonchev–Trinajstić information content (AvgIpc) is 2.69. The van der Waals surface area contributed by atoms with Crippen molar-refractivity contribution in [3.05, 3.63) is 59.9 Å². The van der Waals surface area contributed by atoms with Gasteiger partial charge in [-0.1, -0.05) is 18.2 Å². The Morgan fingerprint density at radius 1 is 1.30 bits per heavy atom. The van der Waals surface area contributed by atoms with E-state index in [-0.39, 0.29) is 18.0 Å². The summed E-state index contributed by atoms with van der Waals surface area (Å²) in [5.74, 6) is 0.946. The van der Waals surface area contributed by atoms with Crippen LogP contribution in [0.3, 0.4) is 0 Å². The van der Waals surface area contributed by atoms with Crippen LogP contribution in [0.5, 0.6) is 5.75 Å². The van der Waals surface area contributed by atoms with E-state index in [1.807, 2.05) is 36.4 Å². The Kier molecular flexibility index (Phi) is 6.29. The second-order valence-electron chi connectivity index (χ2n) is 6.94. The summed E-state index contributed by atoms with van der Waals surface area (Å²) in [6.45, 7) is 0.847. The summed E-state index contributed by atoms with van der Waals surface area (Å²) in [5.41, 5.74) is 1.90. The maximum absolute atomic E-state index is 13.1. The molecule has 144 valence electrons. The highest BCUT2D eigenvalue weighted by atomic mass is 19.1. The Morgan fingerprint density at radius 3 is 2.81 bits per heavy atom. The van der Waals surface area contributed by atoms with Crippen molar-refractivity contribution < 1.29 is 13.9 Å². The first-order valence-corrected chi connectivity index (χ1v) is 9.21. The van der Waals surface area contributed by atoms with Gasteiger partial charge in [-0.25, -0.2) is 9.18 Å². The smallest absolute Gasteiger partial charge is 0.322 e. The molecule has 0 saturated carbocycles. The zero-order valence-corrected chi connectivity index (χ0v) is 15.7. The van der Waals surface area contributed by atoms with Crippen molar-refractivity contribution in [2.24, 2.45) is 5.92 Å². The second-order valence-corrected chi connectivity index (χ2v) is 6.94. The fraction of sp³-hybridized carbons (Fsp3) is 0.381. The molecule has 0 bridgehead atoms. The van der Waals surface area contributed by atoms with Crippen molar-refractivity contribution in [2.45, 2.75) is 25.4 Å². The van der Waals surface area contributed by atoms with Crippen LogP contribution in [0.15, 0.2) is 48.5 Å². The zero-order valence-electron chi connectivity index (χ0n) is 15.7. The minimum Gasteiger partial charge on any atom is -0.497 e. The Hall–Kier alpha value is -2.60. The van der Waals surface area contributed by atoms with Crippen molar-refractivity contribution in [3.63, 3.8) is 0 Å². The van der Waals surface area contributed by atoms with E-state index < -0.39 is 0 Å². The molecule has 0 spiro atoms. The Bertz CT molecular complexity index is 766. The molecule has 1 aliphatic rings. The van der Waals surface area contributed by atoms with E-state index in [0.717, 1.165) is 37.1 Å². The number of piperidine rings is 1. The first-order chi connectivity index (χ1) is 13.0. The third-order valence-electron chi connectivity index (χ3n) is 4.99. The highest BCUT2D eigenvalue weighted by Crippen LogP contribution is 2.22. The molecule has 2 atom stereocenters. The van der Waals surface area contributed by atoms with Gasteiger partial charge in [0.05, 0.1) is 13.3 Å². The summed E-state index contributed by atoms with van der Waals surface area (Å²) in [5, 5.41) is 6.41. The van der Waals surface area contributed by atoms with Gasteiger partial charge in [-0.15, -0.1) is 0 Å². The normalized spacial score (nSPS) is 19.4. The van der Waals surface area contributed by atoms with Gasteiger partial charge in [-0.3, -0.25) is 10.2 Å². The fourth-order valence-electron chi connectivity index (χ4n) is 3.43. The van der Waals surface area contributed by atoms with Gasteiger partial charge in [-0.05, 0) is 61.6 Å². The van der Waals surface area contributed by atoms with Crippen LogP contribution in [-0.2, 0) is 6.42 Å². The zero-order chi connectivity index (χ0) is 19.2.